The Kier molecular flexibility index (Phi) is 3.61. The molecule has 2 heterocycles. The summed E-state index contributed by atoms with van der Waals surface area (Å²) in [5.41, 5.74) is 0.854. The SMILES string of the molecule is CCN1CCN(C(=O)c2csc(C)c2)CC1. The number of nitrogens with zero attached hydrogens (tertiary/aromatic N) is 2. The Morgan fingerprint density at radius 3 is 2.56 bits per heavy atom. The highest BCUT2D eigenvalue weighted by Gasteiger charge is 2.21. The fraction of sp³-hybridized carbons (Fsp3) is 0.583. The number of thiophene rings is 1. The van der Waals surface area contributed by atoms with Crippen LogP contribution < -0.4 is 0 Å². The molecule has 1 aliphatic heterocycles. The lowest BCUT2D eigenvalue weighted by Crippen LogP contribution is -2.48. The maximum atomic E-state index is 12.1. The van der Waals surface area contributed by atoms with E-state index in [-0.39, 0.29) is 5.91 Å². The van der Waals surface area contributed by atoms with E-state index in [0.29, 0.717) is 0 Å². The molecule has 4 heteroatoms. The summed E-state index contributed by atoms with van der Waals surface area (Å²) in [6, 6.07) is 1.99. The summed E-state index contributed by atoms with van der Waals surface area (Å²) in [5, 5.41) is 1.96. The number of hydrogen-bond acceptors (Lipinski definition) is 3. The van der Waals surface area contributed by atoms with Crippen molar-refractivity contribution in [1.29, 1.82) is 0 Å². The second kappa shape index (κ2) is 4.97. The fourth-order valence-electron chi connectivity index (χ4n) is 2.01. The number of carbonyl (C=O) groups excluding carboxylic acids is 1. The minimum absolute atomic E-state index is 0.195. The molecule has 1 amide bonds. The van der Waals surface area contributed by atoms with Gasteiger partial charge in [0.2, 0.25) is 0 Å². The summed E-state index contributed by atoms with van der Waals surface area (Å²) in [5.74, 6) is 0.195. The van der Waals surface area contributed by atoms with E-state index in [0.717, 1.165) is 38.3 Å². The van der Waals surface area contributed by atoms with E-state index in [1.807, 2.05) is 23.3 Å². The molecule has 1 fully saturated rings. The average molecular weight is 238 g/mol. The number of hydrogen-bond donors (Lipinski definition) is 0. The number of rotatable bonds is 2. The number of piperazine rings is 1. The largest absolute Gasteiger partial charge is 0.336 e. The van der Waals surface area contributed by atoms with Crippen LogP contribution in [0.15, 0.2) is 11.4 Å². The van der Waals surface area contributed by atoms with Gasteiger partial charge in [-0.05, 0) is 19.5 Å². The molecule has 0 bridgehead atoms. The number of likely N-dealkylation sites (N-methyl/N-ethyl adjacent to an activating group) is 1. The van der Waals surface area contributed by atoms with Crippen molar-refractivity contribution in [3.63, 3.8) is 0 Å². The van der Waals surface area contributed by atoms with Gasteiger partial charge in [-0.25, -0.2) is 0 Å². The van der Waals surface area contributed by atoms with Gasteiger partial charge < -0.3 is 9.80 Å². The number of carbonyl (C=O) groups is 1. The molecule has 0 spiro atoms. The molecule has 1 aromatic rings. The standard InChI is InChI=1S/C12H18N2OS/c1-3-13-4-6-14(7-5-13)12(15)11-8-10(2)16-9-11/h8-9H,3-7H2,1-2H3. The molecule has 0 aliphatic carbocycles. The quantitative estimate of drug-likeness (QED) is 0.785. The molecule has 88 valence electrons. The minimum atomic E-state index is 0.195. The second-order valence-electron chi connectivity index (χ2n) is 4.17. The zero-order valence-electron chi connectivity index (χ0n) is 9.90. The van der Waals surface area contributed by atoms with Gasteiger partial charge >= 0.3 is 0 Å². The van der Waals surface area contributed by atoms with Crippen molar-refractivity contribution in [3.8, 4) is 0 Å². The molecule has 0 aromatic carbocycles. The van der Waals surface area contributed by atoms with Crippen molar-refractivity contribution < 1.29 is 4.79 Å². The fourth-order valence-corrected chi connectivity index (χ4v) is 2.68. The topological polar surface area (TPSA) is 23.6 Å². The molecule has 3 nitrogen and oxygen atoms in total. The molecule has 0 unspecified atom stereocenters. The van der Waals surface area contributed by atoms with Crippen LogP contribution in [0.5, 0.6) is 0 Å². The third kappa shape index (κ3) is 2.44. The van der Waals surface area contributed by atoms with Gasteiger partial charge in [-0.1, -0.05) is 6.92 Å². The lowest BCUT2D eigenvalue weighted by Gasteiger charge is -2.33. The first-order chi connectivity index (χ1) is 7.70. The van der Waals surface area contributed by atoms with E-state index >= 15 is 0 Å². The van der Waals surface area contributed by atoms with E-state index in [9.17, 15) is 4.79 Å². The Labute approximate surface area is 101 Å². The van der Waals surface area contributed by atoms with Crippen LogP contribution in [0.1, 0.15) is 22.2 Å². The van der Waals surface area contributed by atoms with E-state index < -0.39 is 0 Å². The van der Waals surface area contributed by atoms with Crippen LogP contribution in [0.2, 0.25) is 0 Å². The zero-order valence-corrected chi connectivity index (χ0v) is 10.7. The van der Waals surface area contributed by atoms with E-state index in [4.69, 9.17) is 0 Å². The molecular formula is C12H18N2OS. The van der Waals surface area contributed by atoms with Crippen LogP contribution >= 0.6 is 11.3 Å². The van der Waals surface area contributed by atoms with Gasteiger partial charge in [0.05, 0.1) is 5.56 Å². The van der Waals surface area contributed by atoms with Crippen molar-refractivity contribution >= 4 is 17.2 Å². The first-order valence-corrected chi connectivity index (χ1v) is 6.65. The Morgan fingerprint density at radius 2 is 2.06 bits per heavy atom. The molecule has 0 atom stereocenters. The normalized spacial score (nSPS) is 17.8. The maximum Gasteiger partial charge on any atom is 0.254 e. The van der Waals surface area contributed by atoms with Gasteiger partial charge in [-0.3, -0.25) is 4.79 Å². The van der Waals surface area contributed by atoms with E-state index in [1.54, 1.807) is 11.3 Å². The molecule has 2 rings (SSSR count). The van der Waals surface area contributed by atoms with Crippen LogP contribution in [0, 0.1) is 6.92 Å². The van der Waals surface area contributed by atoms with Crippen molar-refractivity contribution in [1.82, 2.24) is 9.80 Å². The maximum absolute atomic E-state index is 12.1. The van der Waals surface area contributed by atoms with E-state index in [1.165, 1.54) is 4.88 Å². The van der Waals surface area contributed by atoms with Crippen LogP contribution in [0.4, 0.5) is 0 Å². The summed E-state index contributed by atoms with van der Waals surface area (Å²) in [4.78, 5) is 17.7. The molecule has 0 radical (unpaired) electrons. The Balaban J connectivity index is 1.96. The number of aryl methyl sites for hydroxylation is 1. The van der Waals surface area contributed by atoms with Crippen molar-refractivity contribution in [2.75, 3.05) is 32.7 Å². The van der Waals surface area contributed by atoms with Crippen LogP contribution in [-0.4, -0.2) is 48.4 Å². The van der Waals surface area contributed by atoms with E-state index in [2.05, 4.69) is 11.8 Å². The highest BCUT2D eigenvalue weighted by atomic mass is 32.1. The first-order valence-electron chi connectivity index (χ1n) is 5.77. The Hall–Kier alpha value is -0.870. The highest BCUT2D eigenvalue weighted by Crippen LogP contribution is 2.16. The lowest BCUT2D eigenvalue weighted by atomic mass is 10.2. The summed E-state index contributed by atoms with van der Waals surface area (Å²) in [7, 11) is 0. The Bertz CT molecular complexity index is 367. The molecule has 1 aromatic heterocycles. The van der Waals surface area contributed by atoms with Gasteiger partial charge in [-0.15, -0.1) is 11.3 Å². The summed E-state index contributed by atoms with van der Waals surface area (Å²) in [6.07, 6.45) is 0. The molecular weight excluding hydrogens is 220 g/mol. The van der Waals surface area contributed by atoms with Crippen molar-refractivity contribution in [3.05, 3.63) is 21.9 Å². The molecule has 0 N–H and O–H groups in total. The third-order valence-corrected chi connectivity index (χ3v) is 3.95. The second-order valence-corrected chi connectivity index (χ2v) is 5.29. The third-order valence-electron chi connectivity index (χ3n) is 3.08. The van der Waals surface area contributed by atoms with Gasteiger partial charge in [0, 0.05) is 36.4 Å². The molecule has 1 saturated heterocycles. The van der Waals surface area contributed by atoms with Crippen LogP contribution in [0.25, 0.3) is 0 Å². The number of amides is 1. The summed E-state index contributed by atoms with van der Waals surface area (Å²) < 4.78 is 0. The molecule has 1 aliphatic rings. The summed E-state index contributed by atoms with van der Waals surface area (Å²) >= 11 is 1.64. The molecule has 0 saturated carbocycles. The predicted octanol–water partition coefficient (Wildman–Crippen LogP) is 1.83. The zero-order chi connectivity index (χ0) is 11.5. The molecule has 16 heavy (non-hydrogen) atoms. The first kappa shape index (κ1) is 11.6. The van der Waals surface area contributed by atoms with Gasteiger partial charge in [0.25, 0.3) is 5.91 Å². The lowest BCUT2D eigenvalue weighted by molar-refractivity contribution is 0.0644. The predicted molar refractivity (Wildman–Crippen MR) is 67.1 cm³/mol. The van der Waals surface area contributed by atoms with Gasteiger partial charge in [-0.2, -0.15) is 0 Å². The van der Waals surface area contributed by atoms with Gasteiger partial charge in [0.1, 0.15) is 0 Å². The Morgan fingerprint density at radius 1 is 1.38 bits per heavy atom. The van der Waals surface area contributed by atoms with Crippen molar-refractivity contribution in [2.45, 2.75) is 13.8 Å². The van der Waals surface area contributed by atoms with Gasteiger partial charge in [0.15, 0.2) is 0 Å². The summed E-state index contributed by atoms with van der Waals surface area (Å²) in [6.45, 7) is 9.02. The van der Waals surface area contributed by atoms with Crippen LogP contribution in [-0.2, 0) is 0 Å². The smallest absolute Gasteiger partial charge is 0.254 e. The minimum Gasteiger partial charge on any atom is -0.336 e. The van der Waals surface area contributed by atoms with Crippen molar-refractivity contribution in [2.24, 2.45) is 0 Å². The average Bonchev–Trinajstić information content (AvgIpc) is 2.75. The highest BCUT2D eigenvalue weighted by molar-refractivity contribution is 7.10. The monoisotopic (exact) mass is 238 g/mol. The van der Waals surface area contributed by atoms with Crippen LogP contribution in [0.3, 0.4) is 0 Å².